The highest BCUT2D eigenvalue weighted by Crippen LogP contribution is 2.27. The molecule has 1 fully saturated rings. The quantitative estimate of drug-likeness (QED) is 0.827. The first-order chi connectivity index (χ1) is 12.3. The van der Waals surface area contributed by atoms with E-state index in [0.29, 0.717) is 17.1 Å². The van der Waals surface area contributed by atoms with Crippen LogP contribution in [0.25, 0.3) is 0 Å². The smallest absolute Gasteiger partial charge is 0.416 e. The van der Waals surface area contributed by atoms with Crippen LogP contribution in [0.15, 0.2) is 40.8 Å². The summed E-state index contributed by atoms with van der Waals surface area (Å²) in [6.45, 7) is 1.16. The van der Waals surface area contributed by atoms with Gasteiger partial charge in [0.05, 0.1) is 13.2 Å². The van der Waals surface area contributed by atoms with Gasteiger partial charge in [-0.2, -0.15) is 13.2 Å². The third-order valence-electron chi connectivity index (χ3n) is 4.01. The molecule has 8 heteroatoms. The molecule has 1 aliphatic heterocycles. The number of carbonyl (C=O) groups is 1. The molecule has 1 saturated heterocycles. The highest BCUT2D eigenvalue weighted by Gasteiger charge is 2.44. The van der Waals surface area contributed by atoms with E-state index in [2.05, 4.69) is 0 Å². The number of nitrogens with zero attached hydrogens (tertiary/aromatic N) is 1. The maximum absolute atomic E-state index is 12.8. The summed E-state index contributed by atoms with van der Waals surface area (Å²) in [5, 5.41) is 0. The summed E-state index contributed by atoms with van der Waals surface area (Å²) in [5.74, 6) is 0.524. The summed E-state index contributed by atoms with van der Waals surface area (Å²) in [4.78, 5) is 13.7. The number of ether oxygens (including phenoxy) is 2. The summed E-state index contributed by atoms with van der Waals surface area (Å²) < 4.78 is 54.3. The van der Waals surface area contributed by atoms with Crippen molar-refractivity contribution < 1.29 is 31.9 Å². The number of alkyl halides is 3. The molecule has 1 aromatic carbocycles. The minimum atomic E-state index is -4.51. The van der Waals surface area contributed by atoms with E-state index in [1.807, 2.05) is 18.2 Å². The lowest BCUT2D eigenvalue weighted by molar-refractivity contribution is -0.233. The highest BCUT2D eigenvalue weighted by molar-refractivity contribution is 5.93. The molecule has 0 spiro atoms. The van der Waals surface area contributed by atoms with Gasteiger partial charge in [-0.3, -0.25) is 4.79 Å². The number of para-hydroxylation sites is 1. The standard InChI is InChI=1S/C18H18F3NO4/c1-12-9-14(11-25-13-5-3-2-4-6-13)26-16(12)17(23)22-7-8-24-15(10-22)18(19,20)21/h2-6,9,15H,7-8,10-11H2,1H3/t15-/m0/s1. The Hall–Kier alpha value is -2.48. The zero-order chi connectivity index (χ0) is 18.7. The lowest BCUT2D eigenvalue weighted by atomic mass is 10.2. The van der Waals surface area contributed by atoms with Crippen LogP contribution in [0.4, 0.5) is 13.2 Å². The molecule has 1 aromatic heterocycles. The van der Waals surface area contributed by atoms with Crippen LogP contribution in [0.2, 0.25) is 0 Å². The predicted molar refractivity (Wildman–Crippen MR) is 85.9 cm³/mol. The summed E-state index contributed by atoms with van der Waals surface area (Å²) >= 11 is 0. The number of morpholine rings is 1. The molecule has 0 saturated carbocycles. The number of hydrogen-bond donors (Lipinski definition) is 0. The van der Waals surface area contributed by atoms with Crippen molar-refractivity contribution in [2.24, 2.45) is 0 Å². The summed E-state index contributed by atoms with van der Waals surface area (Å²) in [6.07, 6.45) is -6.48. The minimum Gasteiger partial charge on any atom is -0.486 e. The van der Waals surface area contributed by atoms with E-state index in [-0.39, 0.29) is 25.5 Å². The molecule has 1 amide bonds. The fraction of sp³-hybridized carbons (Fsp3) is 0.389. The van der Waals surface area contributed by atoms with Crippen LogP contribution in [0.1, 0.15) is 21.9 Å². The molecule has 2 aromatic rings. The Morgan fingerprint density at radius 1 is 1.31 bits per heavy atom. The van der Waals surface area contributed by atoms with E-state index < -0.39 is 24.7 Å². The van der Waals surface area contributed by atoms with Crippen LogP contribution < -0.4 is 4.74 Å². The molecule has 2 heterocycles. The lowest BCUT2D eigenvalue weighted by Gasteiger charge is -2.33. The largest absolute Gasteiger partial charge is 0.486 e. The average molecular weight is 369 g/mol. The molecule has 5 nitrogen and oxygen atoms in total. The van der Waals surface area contributed by atoms with Crippen LogP contribution >= 0.6 is 0 Å². The van der Waals surface area contributed by atoms with Gasteiger partial charge >= 0.3 is 6.18 Å². The number of rotatable bonds is 4. The maximum Gasteiger partial charge on any atom is 0.416 e. The molecule has 140 valence electrons. The molecular formula is C18H18F3NO4. The fourth-order valence-electron chi connectivity index (χ4n) is 2.68. The first-order valence-electron chi connectivity index (χ1n) is 8.09. The molecule has 26 heavy (non-hydrogen) atoms. The van der Waals surface area contributed by atoms with Crippen LogP contribution in [-0.2, 0) is 11.3 Å². The Kier molecular flexibility index (Phi) is 5.22. The number of aryl methyl sites for hydroxylation is 1. The molecule has 1 aliphatic rings. The third kappa shape index (κ3) is 4.19. The Labute approximate surface area is 148 Å². The van der Waals surface area contributed by atoms with Crippen LogP contribution in [0.3, 0.4) is 0 Å². The van der Waals surface area contributed by atoms with E-state index in [0.717, 1.165) is 4.90 Å². The van der Waals surface area contributed by atoms with Gasteiger partial charge in [0.1, 0.15) is 18.1 Å². The van der Waals surface area contributed by atoms with Gasteiger partial charge < -0.3 is 18.8 Å². The predicted octanol–water partition coefficient (Wildman–Crippen LogP) is 3.57. The Morgan fingerprint density at radius 2 is 2.04 bits per heavy atom. The fourth-order valence-corrected chi connectivity index (χ4v) is 2.68. The molecule has 0 aliphatic carbocycles. The van der Waals surface area contributed by atoms with Gasteiger partial charge in [-0.15, -0.1) is 0 Å². The average Bonchev–Trinajstić information content (AvgIpc) is 3.00. The first-order valence-corrected chi connectivity index (χ1v) is 8.09. The number of carbonyl (C=O) groups excluding carboxylic acids is 1. The molecule has 0 bridgehead atoms. The molecular weight excluding hydrogens is 351 g/mol. The zero-order valence-electron chi connectivity index (χ0n) is 14.1. The number of hydrogen-bond acceptors (Lipinski definition) is 4. The monoisotopic (exact) mass is 369 g/mol. The topological polar surface area (TPSA) is 51.9 Å². The highest BCUT2D eigenvalue weighted by atomic mass is 19.4. The van der Waals surface area contributed by atoms with Crippen molar-refractivity contribution in [2.75, 3.05) is 19.7 Å². The van der Waals surface area contributed by atoms with Crippen LogP contribution in [0, 0.1) is 6.92 Å². The van der Waals surface area contributed by atoms with Crippen molar-refractivity contribution in [2.45, 2.75) is 25.8 Å². The van der Waals surface area contributed by atoms with Gasteiger partial charge in [0.2, 0.25) is 0 Å². The van der Waals surface area contributed by atoms with Gasteiger partial charge in [0.15, 0.2) is 11.9 Å². The van der Waals surface area contributed by atoms with Crippen molar-refractivity contribution in [1.82, 2.24) is 4.90 Å². The minimum absolute atomic E-state index is 0.0273. The van der Waals surface area contributed by atoms with Crippen LogP contribution in [0.5, 0.6) is 5.75 Å². The van der Waals surface area contributed by atoms with E-state index in [1.165, 1.54) is 0 Å². The molecule has 0 unspecified atom stereocenters. The second-order valence-electron chi connectivity index (χ2n) is 5.98. The molecule has 3 rings (SSSR count). The Balaban J connectivity index is 1.67. The van der Waals surface area contributed by atoms with E-state index in [1.54, 1.807) is 25.1 Å². The SMILES string of the molecule is Cc1cc(COc2ccccc2)oc1C(=O)N1CCO[C@H](C(F)(F)F)C1. The van der Waals surface area contributed by atoms with Gasteiger partial charge in [-0.25, -0.2) is 0 Å². The van der Waals surface area contributed by atoms with Crippen molar-refractivity contribution >= 4 is 5.91 Å². The van der Waals surface area contributed by atoms with Crippen molar-refractivity contribution in [3.63, 3.8) is 0 Å². The first kappa shape index (κ1) is 18.3. The Morgan fingerprint density at radius 3 is 2.73 bits per heavy atom. The second kappa shape index (κ2) is 7.41. The second-order valence-corrected chi connectivity index (χ2v) is 5.98. The van der Waals surface area contributed by atoms with E-state index in [4.69, 9.17) is 13.9 Å². The van der Waals surface area contributed by atoms with Crippen LogP contribution in [-0.4, -0.2) is 42.8 Å². The van der Waals surface area contributed by atoms with Crippen molar-refractivity contribution in [3.05, 3.63) is 53.5 Å². The van der Waals surface area contributed by atoms with Gasteiger partial charge in [0.25, 0.3) is 5.91 Å². The molecule has 0 radical (unpaired) electrons. The number of halogens is 3. The molecule has 1 atom stereocenters. The lowest BCUT2D eigenvalue weighted by Crippen LogP contribution is -2.51. The third-order valence-corrected chi connectivity index (χ3v) is 4.01. The van der Waals surface area contributed by atoms with Gasteiger partial charge in [-0.05, 0) is 25.1 Å². The van der Waals surface area contributed by atoms with Gasteiger partial charge in [-0.1, -0.05) is 18.2 Å². The van der Waals surface area contributed by atoms with E-state index >= 15 is 0 Å². The van der Waals surface area contributed by atoms with Crippen molar-refractivity contribution in [3.8, 4) is 5.75 Å². The zero-order valence-corrected chi connectivity index (χ0v) is 14.1. The summed E-state index contributed by atoms with van der Waals surface area (Å²) in [6, 6.07) is 10.7. The van der Waals surface area contributed by atoms with Gasteiger partial charge in [0, 0.05) is 12.1 Å². The summed E-state index contributed by atoms with van der Waals surface area (Å²) in [5.41, 5.74) is 0.553. The number of benzene rings is 1. The van der Waals surface area contributed by atoms with E-state index in [9.17, 15) is 18.0 Å². The summed E-state index contributed by atoms with van der Waals surface area (Å²) in [7, 11) is 0. The Bertz CT molecular complexity index is 758. The number of amides is 1. The van der Waals surface area contributed by atoms with Crippen molar-refractivity contribution in [1.29, 1.82) is 0 Å². The maximum atomic E-state index is 12.8. The normalized spacial score (nSPS) is 18.0. The number of furan rings is 1. The molecule has 0 N–H and O–H groups in total.